The maximum atomic E-state index is 12.0. The number of benzene rings is 1. The van der Waals surface area contributed by atoms with Gasteiger partial charge in [-0.15, -0.1) is 0 Å². The quantitative estimate of drug-likeness (QED) is 0.829. The summed E-state index contributed by atoms with van der Waals surface area (Å²) in [6.07, 6.45) is 2.29. The van der Waals surface area contributed by atoms with Gasteiger partial charge in [-0.2, -0.15) is 0 Å². The SMILES string of the molecule is CCCc1ccc(C(C)NC(C)C(=O)N(C)CC)cc1. The van der Waals surface area contributed by atoms with Gasteiger partial charge in [0.15, 0.2) is 0 Å². The molecule has 1 rings (SSSR count). The van der Waals surface area contributed by atoms with Gasteiger partial charge in [0.25, 0.3) is 0 Å². The summed E-state index contributed by atoms with van der Waals surface area (Å²) >= 11 is 0. The predicted molar refractivity (Wildman–Crippen MR) is 84.8 cm³/mol. The van der Waals surface area contributed by atoms with Crippen LogP contribution in [-0.4, -0.2) is 30.4 Å². The van der Waals surface area contributed by atoms with Gasteiger partial charge in [-0.25, -0.2) is 0 Å². The third-order valence-electron chi connectivity index (χ3n) is 3.74. The summed E-state index contributed by atoms with van der Waals surface area (Å²) in [6.45, 7) is 8.95. The van der Waals surface area contributed by atoms with Crippen molar-refractivity contribution in [2.45, 2.75) is 52.6 Å². The van der Waals surface area contributed by atoms with Crippen molar-refractivity contribution in [1.29, 1.82) is 0 Å². The second-order valence-corrected chi connectivity index (χ2v) is 5.45. The van der Waals surface area contributed by atoms with E-state index in [1.165, 1.54) is 17.5 Å². The lowest BCUT2D eigenvalue weighted by molar-refractivity contribution is -0.131. The minimum atomic E-state index is -0.162. The van der Waals surface area contributed by atoms with Crippen LogP contribution in [0.25, 0.3) is 0 Å². The van der Waals surface area contributed by atoms with Crippen LogP contribution in [-0.2, 0) is 11.2 Å². The molecule has 0 aliphatic heterocycles. The largest absolute Gasteiger partial charge is 0.345 e. The smallest absolute Gasteiger partial charge is 0.239 e. The second kappa shape index (κ2) is 8.05. The van der Waals surface area contributed by atoms with Gasteiger partial charge in [0, 0.05) is 19.6 Å². The molecule has 1 aromatic carbocycles. The van der Waals surface area contributed by atoms with Gasteiger partial charge < -0.3 is 4.90 Å². The molecule has 0 saturated heterocycles. The lowest BCUT2D eigenvalue weighted by atomic mass is 10.0. The molecule has 0 aliphatic carbocycles. The lowest BCUT2D eigenvalue weighted by Crippen LogP contribution is -2.43. The Balaban J connectivity index is 2.61. The van der Waals surface area contributed by atoms with Crippen LogP contribution in [0.5, 0.6) is 0 Å². The Kier molecular flexibility index (Phi) is 6.73. The zero-order valence-electron chi connectivity index (χ0n) is 13.4. The maximum Gasteiger partial charge on any atom is 0.239 e. The highest BCUT2D eigenvalue weighted by atomic mass is 16.2. The van der Waals surface area contributed by atoms with Gasteiger partial charge in [-0.3, -0.25) is 10.1 Å². The van der Waals surface area contributed by atoms with Crippen molar-refractivity contribution in [2.24, 2.45) is 0 Å². The van der Waals surface area contributed by atoms with Gasteiger partial charge in [0.1, 0.15) is 0 Å². The summed E-state index contributed by atoms with van der Waals surface area (Å²) in [5.41, 5.74) is 2.60. The van der Waals surface area contributed by atoms with E-state index in [2.05, 4.69) is 43.4 Å². The van der Waals surface area contributed by atoms with Crippen molar-refractivity contribution >= 4 is 5.91 Å². The molecular formula is C17H28N2O. The number of nitrogens with zero attached hydrogens (tertiary/aromatic N) is 1. The number of aryl methyl sites for hydroxylation is 1. The third kappa shape index (κ3) is 4.64. The van der Waals surface area contributed by atoms with Gasteiger partial charge in [0.05, 0.1) is 6.04 Å². The number of carbonyl (C=O) groups excluding carboxylic acids is 1. The first kappa shape index (κ1) is 16.7. The number of rotatable bonds is 7. The Morgan fingerprint density at radius 3 is 2.30 bits per heavy atom. The highest BCUT2D eigenvalue weighted by Crippen LogP contribution is 2.15. The van der Waals surface area contributed by atoms with E-state index < -0.39 is 0 Å². The molecule has 1 amide bonds. The first-order valence-electron chi connectivity index (χ1n) is 7.59. The fourth-order valence-corrected chi connectivity index (χ4v) is 2.29. The lowest BCUT2D eigenvalue weighted by Gasteiger charge is -2.24. The molecule has 1 N–H and O–H groups in total. The van der Waals surface area contributed by atoms with Crippen LogP contribution in [0.2, 0.25) is 0 Å². The predicted octanol–water partition coefficient (Wildman–Crippen LogP) is 3.16. The van der Waals surface area contributed by atoms with Crippen LogP contribution >= 0.6 is 0 Å². The average Bonchev–Trinajstić information content (AvgIpc) is 2.46. The molecule has 0 bridgehead atoms. The number of amides is 1. The molecule has 112 valence electrons. The molecular weight excluding hydrogens is 248 g/mol. The average molecular weight is 276 g/mol. The molecule has 0 heterocycles. The van der Waals surface area contributed by atoms with Crippen LogP contribution in [0.3, 0.4) is 0 Å². The Labute approximate surface area is 123 Å². The molecule has 0 fully saturated rings. The second-order valence-electron chi connectivity index (χ2n) is 5.45. The van der Waals surface area contributed by atoms with Crippen LogP contribution in [0.4, 0.5) is 0 Å². The summed E-state index contributed by atoms with van der Waals surface area (Å²) in [4.78, 5) is 13.8. The molecule has 3 nitrogen and oxygen atoms in total. The van der Waals surface area contributed by atoms with Crippen molar-refractivity contribution in [3.63, 3.8) is 0 Å². The van der Waals surface area contributed by atoms with E-state index in [4.69, 9.17) is 0 Å². The molecule has 2 unspecified atom stereocenters. The Morgan fingerprint density at radius 1 is 1.20 bits per heavy atom. The van der Waals surface area contributed by atoms with Crippen LogP contribution in [0.15, 0.2) is 24.3 Å². The summed E-state index contributed by atoms with van der Waals surface area (Å²) in [7, 11) is 1.84. The van der Waals surface area contributed by atoms with E-state index in [9.17, 15) is 4.79 Å². The molecule has 20 heavy (non-hydrogen) atoms. The van der Waals surface area contributed by atoms with Gasteiger partial charge in [-0.1, -0.05) is 37.6 Å². The number of hydrogen-bond donors (Lipinski definition) is 1. The summed E-state index contributed by atoms with van der Waals surface area (Å²) < 4.78 is 0. The number of carbonyl (C=O) groups is 1. The summed E-state index contributed by atoms with van der Waals surface area (Å²) in [5.74, 6) is 0.141. The van der Waals surface area contributed by atoms with Crippen molar-refractivity contribution in [1.82, 2.24) is 10.2 Å². The zero-order chi connectivity index (χ0) is 15.1. The van der Waals surface area contributed by atoms with E-state index in [0.29, 0.717) is 0 Å². The van der Waals surface area contributed by atoms with Crippen molar-refractivity contribution < 1.29 is 4.79 Å². The fourth-order valence-electron chi connectivity index (χ4n) is 2.29. The van der Waals surface area contributed by atoms with Crippen LogP contribution in [0, 0.1) is 0 Å². The first-order valence-corrected chi connectivity index (χ1v) is 7.59. The standard InChI is InChI=1S/C17H28N2O/c1-6-8-15-9-11-16(12-10-15)13(3)18-14(4)17(20)19(5)7-2/h9-14,18H,6-8H2,1-5H3. The maximum absolute atomic E-state index is 12.0. The molecule has 1 aromatic rings. The highest BCUT2D eigenvalue weighted by Gasteiger charge is 2.18. The summed E-state index contributed by atoms with van der Waals surface area (Å²) in [5, 5.41) is 3.37. The van der Waals surface area contributed by atoms with Gasteiger partial charge in [0.2, 0.25) is 5.91 Å². The first-order chi connectivity index (χ1) is 9.49. The van der Waals surface area contributed by atoms with Crippen molar-refractivity contribution in [3.05, 3.63) is 35.4 Å². The molecule has 3 heteroatoms. The van der Waals surface area contributed by atoms with Crippen LogP contribution < -0.4 is 5.32 Å². The number of hydrogen-bond acceptors (Lipinski definition) is 2. The summed E-state index contributed by atoms with van der Waals surface area (Å²) in [6, 6.07) is 8.69. The van der Waals surface area contributed by atoms with E-state index >= 15 is 0 Å². The number of nitrogens with one attached hydrogen (secondary N) is 1. The van der Waals surface area contributed by atoms with E-state index in [1.54, 1.807) is 4.90 Å². The third-order valence-corrected chi connectivity index (χ3v) is 3.74. The highest BCUT2D eigenvalue weighted by molar-refractivity contribution is 5.81. The monoisotopic (exact) mass is 276 g/mol. The molecule has 0 aliphatic rings. The topological polar surface area (TPSA) is 32.3 Å². The number of likely N-dealkylation sites (N-methyl/N-ethyl adjacent to an activating group) is 1. The zero-order valence-corrected chi connectivity index (χ0v) is 13.4. The van der Waals surface area contributed by atoms with Crippen LogP contribution in [0.1, 0.15) is 51.3 Å². The fraction of sp³-hybridized carbons (Fsp3) is 0.588. The van der Waals surface area contributed by atoms with E-state index in [-0.39, 0.29) is 18.0 Å². The minimum absolute atomic E-state index is 0.141. The molecule has 0 spiro atoms. The normalized spacial score (nSPS) is 13.8. The van der Waals surface area contributed by atoms with E-state index in [1.807, 2.05) is 20.9 Å². The van der Waals surface area contributed by atoms with Gasteiger partial charge in [-0.05, 0) is 38.3 Å². The Hall–Kier alpha value is -1.35. The molecule has 2 atom stereocenters. The Bertz CT molecular complexity index is 414. The Morgan fingerprint density at radius 2 is 1.80 bits per heavy atom. The minimum Gasteiger partial charge on any atom is -0.345 e. The molecule has 0 saturated carbocycles. The van der Waals surface area contributed by atoms with E-state index in [0.717, 1.165) is 13.0 Å². The van der Waals surface area contributed by atoms with Crippen molar-refractivity contribution in [3.8, 4) is 0 Å². The van der Waals surface area contributed by atoms with Crippen molar-refractivity contribution in [2.75, 3.05) is 13.6 Å². The molecule has 0 aromatic heterocycles. The molecule has 0 radical (unpaired) electrons. The van der Waals surface area contributed by atoms with Gasteiger partial charge >= 0.3 is 0 Å².